The first-order valence-corrected chi connectivity index (χ1v) is 8.60. The molecule has 0 fully saturated rings. The molecule has 1 atom stereocenters. The van der Waals surface area contributed by atoms with Gasteiger partial charge in [-0.05, 0) is 31.0 Å². The van der Waals surface area contributed by atoms with Crippen LogP contribution in [0.3, 0.4) is 0 Å². The van der Waals surface area contributed by atoms with Crippen LogP contribution in [0.25, 0.3) is 10.4 Å². The molecule has 2 heterocycles. The molecule has 3 aromatic rings. The average Bonchev–Trinajstić information content (AvgIpc) is 2.90. The van der Waals surface area contributed by atoms with Crippen molar-refractivity contribution in [1.29, 1.82) is 0 Å². The summed E-state index contributed by atoms with van der Waals surface area (Å²) in [6, 6.07) is 19.1. The Hall–Kier alpha value is -2.39. The first-order valence-electron chi connectivity index (χ1n) is 7.78. The SMILES string of the molecule is Cc1sc(-c2ccccc2)c(C2N=CNc3ccccc32)c1C. The Kier molecular flexibility index (Phi) is 3.50. The van der Waals surface area contributed by atoms with Gasteiger partial charge in [0.2, 0.25) is 0 Å². The van der Waals surface area contributed by atoms with Gasteiger partial charge in [0, 0.05) is 26.6 Å². The minimum absolute atomic E-state index is 0.0626. The Morgan fingerprint density at radius 3 is 2.52 bits per heavy atom. The monoisotopic (exact) mass is 318 g/mol. The fourth-order valence-electron chi connectivity index (χ4n) is 3.14. The summed E-state index contributed by atoms with van der Waals surface area (Å²) in [4.78, 5) is 7.47. The Balaban J connectivity index is 1.93. The molecule has 4 rings (SSSR count). The zero-order valence-electron chi connectivity index (χ0n) is 13.2. The molecule has 0 radical (unpaired) electrons. The molecule has 0 spiro atoms. The molecule has 1 aliphatic rings. The molecule has 3 heteroatoms. The van der Waals surface area contributed by atoms with E-state index < -0.39 is 0 Å². The van der Waals surface area contributed by atoms with Crippen molar-refractivity contribution in [1.82, 2.24) is 0 Å². The summed E-state index contributed by atoms with van der Waals surface area (Å²) in [6.07, 6.45) is 1.83. The predicted octanol–water partition coefficient (Wildman–Crippen LogP) is 5.58. The number of fused-ring (bicyclic) bond motifs is 1. The lowest BCUT2D eigenvalue weighted by molar-refractivity contribution is 0.867. The highest BCUT2D eigenvalue weighted by molar-refractivity contribution is 7.15. The molecule has 0 saturated carbocycles. The second kappa shape index (κ2) is 5.67. The molecule has 114 valence electrons. The molecule has 1 aromatic heterocycles. The van der Waals surface area contributed by atoms with E-state index in [1.165, 1.54) is 32.0 Å². The summed E-state index contributed by atoms with van der Waals surface area (Å²) < 4.78 is 0. The molecule has 23 heavy (non-hydrogen) atoms. The standard InChI is InChI=1S/C20H18N2S/c1-13-14(2)23-20(15-8-4-3-5-9-15)18(13)19-16-10-6-7-11-17(16)21-12-22-19/h3-12,19H,1-2H3,(H,21,22). The number of hydrogen-bond acceptors (Lipinski definition) is 3. The maximum absolute atomic E-state index is 4.77. The van der Waals surface area contributed by atoms with Crippen LogP contribution in [-0.4, -0.2) is 6.34 Å². The van der Waals surface area contributed by atoms with Gasteiger partial charge >= 0.3 is 0 Å². The van der Waals surface area contributed by atoms with E-state index in [4.69, 9.17) is 4.99 Å². The van der Waals surface area contributed by atoms with Crippen molar-refractivity contribution in [2.45, 2.75) is 19.9 Å². The number of benzene rings is 2. The van der Waals surface area contributed by atoms with Crippen LogP contribution in [0.4, 0.5) is 5.69 Å². The van der Waals surface area contributed by atoms with Gasteiger partial charge in [-0.3, -0.25) is 4.99 Å². The van der Waals surface area contributed by atoms with Gasteiger partial charge in [0.15, 0.2) is 0 Å². The third-order valence-electron chi connectivity index (χ3n) is 4.44. The highest BCUT2D eigenvalue weighted by atomic mass is 32.1. The maximum atomic E-state index is 4.77. The summed E-state index contributed by atoms with van der Waals surface area (Å²) in [5.41, 5.74) is 6.36. The first kappa shape index (κ1) is 14.2. The summed E-state index contributed by atoms with van der Waals surface area (Å²) >= 11 is 1.87. The highest BCUT2D eigenvalue weighted by Crippen LogP contribution is 2.45. The smallest absolute Gasteiger partial charge is 0.105 e. The average molecular weight is 318 g/mol. The molecule has 2 nitrogen and oxygen atoms in total. The summed E-state index contributed by atoms with van der Waals surface area (Å²) in [7, 11) is 0. The van der Waals surface area contributed by atoms with E-state index in [9.17, 15) is 0 Å². The third kappa shape index (κ3) is 2.37. The molecule has 0 saturated heterocycles. The van der Waals surface area contributed by atoms with E-state index in [1.54, 1.807) is 0 Å². The van der Waals surface area contributed by atoms with Crippen molar-refractivity contribution in [3.8, 4) is 10.4 Å². The van der Waals surface area contributed by atoms with E-state index >= 15 is 0 Å². The number of aryl methyl sites for hydroxylation is 1. The van der Waals surface area contributed by atoms with Crippen LogP contribution in [0.1, 0.15) is 27.6 Å². The van der Waals surface area contributed by atoms with Crippen LogP contribution in [0.5, 0.6) is 0 Å². The summed E-state index contributed by atoms with van der Waals surface area (Å²) in [6.45, 7) is 4.42. The Morgan fingerprint density at radius 1 is 0.957 bits per heavy atom. The second-order valence-electron chi connectivity index (χ2n) is 5.80. The fourth-order valence-corrected chi connectivity index (χ4v) is 4.33. The lowest BCUT2D eigenvalue weighted by Crippen LogP contribution is -2.12. The fraction of sp³-hybridized carbons (Fsp3) is 0.150. The zero-order valence-corrected chi connectivity index (χ0v) is 14.0. The number of hydrogen-bond donors (Lipinski definition) is 1. The Labute approximate surface area is 140 Å². The van der Waals surface area contributed by atoms with Gasteiger partial charge in [-0.2, -0.15) is 0 Å². The second-order valence-corrected chi connectivity index (χ2v) is 7.03. The maximum Gasteiger partial charge on any atom is 0.105 e. The van der Waals surface area contributed by atoms with Gasteiger partial charge in [0.1, 0.15) is 6.04 Å². The molecule has 1 N–H and O–H groups in total. The first-order chi connectivity index (χ1) is 11.3. The minimum Gasteiger partial charge on any atom is -0.346 e. The summed E-state index contributed by atoms with van der Waals surface area (Å²) in [5, 5.41) is 3.26. The van der Waals surface area contributed by atoms with Crippen LogP contribution in [0, 0.1) is 13.8 Å². The molecular formula is C20H18N2S. The van der Waals surface area contributed by atoms with Crippen molar-refractivity contribution in [2.24, 2.45) is 4.99 Å². The van der Waals surface area contributed by atoms with Crippen molar-refractivity contribution in [3.05, 3.63) is 76.2 Å². The van der Waals surface area contributed by atoms with Gasteiger partial charge in [-0.25, -0.2) is 0 Å². The van der Waals surface area contributed by atoms with E-state index in [1.807, 2.05) is 17.7 Å². The number of aliphatic imine (C=N–C) groups is 1. The summed E-state index contributed by atoms with van der Waals surface area (Å²) in [5.74, 6) is 0. The molecule has 1 aliphatic heterocycles. The highest BCUT2D eigenvalue weighted by Gasteiger charge is 2.26. The van der Waals surface area contributed by atoms with Crippen molar-refractivity contribution < 1.29 is 0 Å². The molecule has 0 bridgehead atoms. The number of rotatable bonds is 2. The number of para-hydroxylation sites is 1. The van der Waals surface area contributed by atoms with E-state index in [0.29, 0.717) is 0 Å². The van der Waals surface area contributed by atoms with Crippen LogP contribution < -0.4 is 5.32 Å². The van der Waals surface area contributed by atoms with Crippen LogP contribution in [0.2, 0.25) is 0 Å². The normalized spacial score (nSPS) is 16.0. The third-order valence-corrected chi connectivity index (χ3v) is 5.71. The zero-order chi connectivity index (χ0) is 15.8. The quantitative estimate of drug-likeness (QED) is 0.656. The number of anilines is 1. The van der Waals surface area contributed by atoms with Crippen molar-refractivity contribution >= 4 is 23.4 Å². The Morgan fingerprint density at radius 2 is 1.70 bits per heavy atom. The van der Waals surface area contributed by atoms with Crippen LogP contribution in [0.15, 0.2) is 59.6 Å². The number of thiophene rings is 1. The van der Waals surface area contributed by atoms with Gasteiger partial charge < -0.3 is 5.32 Å². The molecule has 0 aliphatic carbocycles. The van der Waals surface area contributed by atoms with E-state index in [-0.39, 0.29) is 6.04 Å². The van der Waals surface area contributed by atoms with Gasteiger partial charge in [-0.1, -0.05) is 48.5 Å². The predicted molar refractivity (Wildman–Crippen MR) is 99.6 cm³/mol. The lowest BCUT2D eigenvalue weighted by Gasteiger charge is -2.22. The number of nitrogens with one attached hydrogen (secondary N) is 1. The topological polar surface area (TPSA) is 24.4 Å². The van der Waals surface area contributed by atoms with Crippen LogP contribution >= 0.6 is 11.3 Å². The van der Waals surface area contributed by atoms with Gasteiger partial charge in [-0.15, -0.1) is 11.3 Å². The van der Waals surface area contributed by atoms with Crippen molar-refractivity contribution in [2.75, 3.05) is 5.32 Å². The molecule has 1 unspecified atom stereocenters. The molecular weight excluding hydrogens is 300 g/mol. The van der Waals surface area contributed by atoms with E-state index in [2.05, 4.69) is 73.8 Å². The van der Waals surface area contributed by atoms with Gasteiger partial charge in [0.25, 0.3) is 0 Å². The van der Waals surface area contributed by atoms with Gasteiger partial charge in [0.05, 0.1) is 6.34 Å². The van der Waals surface area contributed by atoms with Crippen molar-refractivity contribution in [3.63, 3.8) is 0 Å². The molecule has 2 aromatic carbocycles. The number of nitrogens with zero attached hydrogens (tertiary/aromatic N) is 1. The lowest BCUT2D eigenvalue weighted by atomic mass is 9.92. The molecule has 0 amide bonds. The van der Waals surface area contributed by atoms with Crippen LogP contribution in [-0.2, 0) is 0 Å². The Bertz CT molecular complexity index is 878. The minimum atomic E-state index is 0.0626. The largest absolute Gasteiger partial charge is 0.346 e. The van der Waals surface area contributed by atoms with E-state index in [0.717, 1.165) is 5.69 Å².